The van der Waals surface area contributed by atoms with Crippen molar-refractivity contribution in [1.29, 1.82) is 0 Å². The van der Waals surface area contributed by atoms with Crippen molar-refractivity contribution in [2.45, 2.75) is 0 Å². The summed E-state index contributed by atoms with van der Waals surface area (Å²) in [4.78, 5) is 5.01. The van der Waals surface area contributed by atoms with Crippen molar-refractivity contribution in [3.05, 3.63) is 140 Å². The predicted octanol–water partition coefficient (Wildman–Crippen LogP) is 9.51. The zero-order valence-electron chi connectivity index (χ0n) is 21.6. The molecule has 3 heterocycles. The summed E-state index contributed by atoms with van der Waals surface area (Å²) >= 11 is 0. The Morgan fingerprint density at radius 3 is 2.10 bits per heavy atom. The van der Waals surface area contributed by atoms with E-state index in [1.807, 2.05) is 12.3 Å². The highest BCUT2D eigenvalue weighted by Crippen LogP contribution is 2.44. The second kappa shape index (κ2) is 8.05. The molecule has 3 heteroatoms. The van der Waals surface area contributed by atoms with Gasteiger partial charge in [-0.05, 0) is 35.0 Å². The SMILES string of the molecule is c1ccc(-c2ncc(-c3cccc4c3c3ccc5cccc6c7ccccc7n4c3c56)n2-c2ccccc2)cc1. The molecule has 0 spiro atoms. The van der Waals surface area contributed by atoms with Crippen molar-refractivity contribution in [3.8, 4) is 28.3 Å². The van der Waals surface area contributed by atoms with Crippen LogP contribution in [-0.2, 0) is 0 Å². The van der Waals surface area contributed by atoms with Crippen LogP contribution in [0.15, 0.2) is 140 Å². The average Bonchev–Trinajstić information content (AvgIpc) is 3.62. The quantitative estimate of drug-likeness (QED) is 0.172. The number of rotatable bonds is 3. The zero-order chi connectivity index (χ0) is 26.2. The molecule has 40 heavy (non-hydrogen) atoms. The third-order valence-electron chi connectivity index (χ3n) is 8.31. The molecule has 9 aromatic rings. The minimum Gasteiger partial charge on any atom is -0.308 e. The molecule has 0 aliphatic rings. The first kappa shape index (κ1) is 21.5. The molecule has 0 amide bonds. The van der Waals surface area contributed by atoms with Crippen LogP contribution in [0.5, 0.6) is 0 Å². The van der Waals surface area contributed by atoms with Gasteiger partial charge >= 0.3 is 0 Å². The largest absolute Gasteiger partial charge is 0.308 e. The van der Waals surface area contributed by atoms with Gasteiger partial charge in [-0.15, -0.1) is 0 Å². The third kappa shape index (κ3) is 2.81. The summed E-state index contributed by atoms with van der Waals surface area (Å²) < 4.78 is 4.77. The number of nitrogens with zero attached hydrogens (tertiary/aromatic N) is 3. The lowest BCUT2D eigenvalue weighted by Gasteiger charge is -2.13. The smallest absolute Gasteiger partial charge is 0.144 e. The molecule has 0 aliphatic carbocycles. The molecule has 0 N–H and O–H groups in total. The lowest BCUT2D eigenvalue weighted by molar-refractivity contribution is 1.07. The number of pyridine rings is 1. The molecule has 0 saturated carbocycles. The fourth-order valence-electron chi connectivity index (χ4n) is 6.68. The van der Waals surface area contributed by atoms with Crippen LogP contribution in [0, 0.1) is 0 Å². The van der Waals surface area contributed by atoms with E-state index >= 15 is 0 Å². The van der Waals surface area contributed by atoms with E-state index < -0.39 is 0 Å². The van der Waals surface area contributed by atoms with Crippen LogP contribution in [0.2, 0.25) is 0 Å². The zero-order valence-corrected chi connectivity index (χ0v) is 21.6. The highest BCUT2D eigenvalue weighted by Gasteiger charge is 2.22. The van der Waals surface area contributed by atoms with Gasteiger partial charge in [-0.25, -0.2) is 4.98 Å². The van der Waals surface area contributed by atoms with Gasteiger partial charge in [0, 0.05) is 38.4 Å². The van der Waals surface area contributed by atoms with E-state index in [-0.39, 0.29) is 0 Å². The van der Waals surface area contributed by atoms with Crippen LogP contribution in [0.25, 0.3) is 77.2 Å². The van der Waals surface area contributed by atoms with Crippen LogP contribution < -0.4 is 0 Å². The molecule has 186 valence electrons. The predicted molar refractivity (Wildman–Crippen MR) is 167 cm³/mol. The molecule has 0 aliphatic heterocycles. The molecular weight excluding hydrogens is 486 g/mol. The molecule has 0 bridgehead atoms. The summed E-state index contributed by atoms with van der Waals surface area (Å²) in [6.07, 6.45) is 2.04. The Kier molecular flexibility index (Phi) is 4.33. The monoisotopic (exact) mass is 509 g/mol. The van der Waals surface area contributed by atoms with Gasteiger partial charge in [0.05, 0.1) is 28.4 Å². The first-order chi connectivity index (χ1) is 19.9. The van der Waals surface area contributed by atoms with E-state index in [4.69, 9.17) is 4.98 Å². The minimum absolute atomic E-state index is 0.935. The fraction of sp³-hybridized carbons (Fsp3) is 0. The second-order valence-electron chi connectivity index (χ2n) is 10.4. The number of hydrogen-bond donors (Lipinski definition) is 0. The van der Waals surface area contributed by atoms with Gasteiger partial charge < -0.3 is 4.40 Å². The van der Waals surface area contributed by atoms with Crippen LogP contribution in [0.1, 0.15) is 0 Å². The minimum atomic E-state index is 0.935. The van der Waals surface area contributed by atoms with Gasteiger partial charge in [0.2, 0.25) is 0 Å². The van der Waals surface area contributed by atoms with Gasteiger partial charge in [0.15, 0.2) is 0 Å². The Morgan fingerprint density at radius 1 is 0.500 bits per heavy atom. The lowest BCUT2D eigenvalue weighted by Crippen LogP contribution is -2.00. The number of fused-ring (bicyclic) bond motifs is 6. The van der Waals surface area contributed by atoms with Gasteiger partial charge in [0.1, 0.15) is 5.82 Å². The summed E-state index contributed by atoms with van der Waals surface area (Å²) in [7, 11) is 0. The highest BCUT2D eigenvalue weighted by atomic mass is 15.1. The second-order valence-corrected chi connectivity index (χ2v) is 10.4. The van der Waals surface area contributed by atoms with E-state index in [1.54, 1.807) is 0 Å². The summed E-state index contributed by atoms with van der Waals surface area (Å²) in [5, 5.41) is 7.69. The molecule has 0 saturated heterocycles. The van der Waals surface area contributed by atoms with Crippen LogP contribution >= 0.6 is 0 Å². The molecule has 0 radical (unpaired) electrons. The lowest BCUT2D eigenvalue weighted by atomic mass is 9.97. The number of hydrogen-bond acceptors (Lipinski definition) is 1. The molecule has 0 fully saturated rings. The molecule has 3 nitrogen and oxygen atoms in total. The third-order valence-corrected chi connectivity index (χ3v) is 8.31. The number of aromatic nitrogens is 3. The summed E-state index contributed by atoms with van der Waals surface area (Å²) in [5.41, 5.74) is 8.16. The Balaban J connectivity index is 1.47. The Bertz CT molecular complexity index is 2340. The maximum Gasteiger partial charge on any atom is 0.144 e. The molecule has 3 aromatic heterocycles. The summed E-state index contributed by atoms with van der Waals surface area (Å²) in [5.74, 6) is 0.935. The highest BCUT2D eigenvalue weighted by molar-refractivity contribution is 6.30. The van der Waals surface area contributed by atoms with Crippen molar-refractivity contribution in [1.82, 2.24) is 14.0 Å². The first-order valence-corrected chi connectivity index (χ1v) is 13.7. The van der Waals surface area contributed by atoms with Crippen molar-refractivity contribution < 1.29 is 0 Å². The Hall–Kier alpha value is -5.41. The number of benzene rings is 6. The van der Waals surface area contributed by atoms with E-state index in [2.05, 4.69) is 136 Å². The number of imidazole rings is 1. The normalized spacial score (nSPS) is 12.0. The maximum atomic E-state index is 5.01. The molecule has 0 unspecified atom stereocenters. The van der Waals surface area contributed by atoms with E-state index in [9.17, 15) is 0 Å². The standard InChI is InChI=1S/C37H23N3/c1-3-11-25(12-4-1)37-38-23-33(39(37)26-14-5-2-6-15-26)29-18-10-20-32-35(29)30-22-21-24-13-9-17-28-27-16-7-8-19-31(27)40(32)36(30)34(24)28/h1-23H. The van der Waals surface area contributed by atoms with Gasteiger partial charge in [-0.1, -0.05) is 109 Å². The fourth-order valence-corrected chi connectivity index (χ4v) is 6.68. The topological polar surface area (TPSA) is 22.2 Å². The average molecular weight is 510 g/mol. The molecule has 9 rings (SSSR count). The van der Waals surface area contributed by atoms with Crippen molar-refractivity contribution in [2.24, 2.45) is 0 Å². The van der Waals surface area contributed by atoms with Gasteiger partial charge in [-0.3, -0.25) is 4.57 Å². The van der Waals surface area contributed by atoms with Crippen molar-refractivity contribution in [3.63, 3.8) is 0 Å². The first-order valence-electron chi connectivity index (χ1n) is 13.7. The maximum absolute atomic E-state index is 5.01. The van der Waals surface area contributed by atoms with Crippen LogP contribution in [0.4, 0.5) is 0 Å². The van der Waals surface area contributed by atoms with Crippen molar-refractivity contribution >= 4 is 48.9 Å². The van der Waals surface area contributed by atoms with E-state index in [0.29, 0.717) is 0 Å². The molecule has 0 atom stereocenters. The Labute approximate surface area is 230 Å². The van der Waals surface area contributed by atoms with Crippen LogP contribution in [0.3, 0.4) is 0 Å². The summed E-state index contributed by atoms with van der Waals surface area (Å²) in [6, 6.07) is 47.7. The Morgan fingerprint density at radius 2 is 1.23 bits per heavy atom. The van der Waals surface area contributed by atoms with Crippen molar-refractivity contribution in [2.75, 3.05) is 0 Å². The molecular formula is C37H23N3. The molecule has 6 aromatic carbocycles. The van der Waals surface area contributed by atoms with Crippen LogP contribution in [-0.4, -0.2) is 14.0 Å². The van der Waals surface area contributed by atoms with E-state index in [1.165, 1.54) is 54.4 Å². The summed E-state index contributed by atoms with van der Waals surface area (Å²) in [6.45, 7) is 0. The van der Waals surface area contributed by atoms with Gasteiger partial charge in [-0.2, -0.15) is 0 Å². The van der Waals surface area contributed by atoms with Gasteiger partial charge in [0.25, 0.3) is 0 Å². The van der Waals surface area contributed by atoms with E-state index in [0.717, 1.165) is 22.8 Å². The number of para-hydroxylation sites is 2.